The Morgan fingerprint density at radius 2 is 1.67 bits per heavy atom. The number of hydrogen-bond acceptors (Lipinski definition) is 8. The van der Waals surface area contributed by atoms with Crippen molar-refractivity contribution in [2.45, 2.75) is 84.3 Å². The zero-order valence-electron chi connectivity index (χ0n) is 30.6. The van der Waals surface area contributed by atoms with Crippen LogP contribution in [0.2, 0.25) is 5.02 Å². The highest BCUT2D eigenvalue weighted by molar-refractivity contribution is 6.30. The lowest BCUT2D eigenvalue weighted by molar-refractivity contribution is -0.108. The van der Waals surface area contributed by atoms with Crippen molar-refractivity contribution >= 4 is 48.2 Å². The number of nitrogens with one attached hydrogen (secondary N) is 2. The van der Waals surface area contributed by atoms with E-state index in [1.807, 2.05) is 69.6 Å². The second-order valence-corrected chi connectivity index (χ2v) is 13.9. The molecular weight excluding hydrogens is 668 g/mol. The molecule has 3 fully saturated rings. The predicted molar refractivity (Wildman–Crippen MR) is 203 cm³/mol. The number of benzene rings is 1. The molecule has 0 spiro atoms. The lowest BCUT2D eigenvalue weighted by Crippen LogP contribution is -2.51. The molecule has 3 amide bonds. The molecule has 51 heavy (non-hydrogen) atoms. The lowest BCUT2D eigenvalue weighted by atomic mass is 10.1. The first-order valence-electron chi connectivity index (χ1n) is 17.6. The van der Waals surface area contributed by atoms with Gasteiger partial charge in [0.1, 0.15) is 22.9 Å². The van der Waals surface area contributed by atoms with Crippen LogP contribution >= 0.6 is 11.6 Å². The third kappa shape index (κ3) is 11.4. The summed E-state index contributed by atoms with van der Waals surface area (Å²) in [6.45, 7) is 15.1. The van der Waals surface area contributed by atoms with E-state index in [1.165, 1.54) is 18.4 Å². The third-order valence-electron chi connectivity index (χ3n) is 8.36. The number of amides is 3. The van der Waals surface area contributed by atoms with Crippen molar-refractivity contribution in [1.29, 1.82) is 0 Å². The molecule has 2 aromatic heterocycles. The summed E-state index contributed by atoms with van der Waals surface area (Å²) in [5.41, 5.74) is 3.79. The molecule has 274 valence electrons. The van der Waals surface area contributed by atoms with Gasteiger partial charge in [-0.3, -0.25) is 14.6 Å². The first kappa shape index (κ1) is 39.1. The Kier molecular flexibility index (Phi) is 13.8. The van der Waals surface area contributed by atoms with E-state index >= 15 is 0 Å². The number of carbonyl (C=O) groups excluding carboxylic acids is 3. The zero-order valence-corrected chi connectivity index (χ0v) is 31.4. The molecule has 12 nitrogen and oxygen atoms in total. The van der Waals surface area contributed by atoms with E-state index in [-0.39, 0.29) is 12.0 Å². The maximum absolute atomic E-state index is 13.7. The largest absolute Gasteiger partial charge is 0.444 e. The number of rotatable bonds is 9. The summed E-state index contributed by atoms with van der Waals surface area (Å²) in [7, 11) is 1.55. The molecule has 0 unspecified atom stereocenters. The second-order valence-electron chi connectivity index (χ2n) is 13.4. The average molecular weight is 719 g/mol. The Morgan fingerprint density at radius 1 is 1.02 bits per heavy atom. The first-order valence-corrected chi connectivity index (χ1v) is 18.0. The molecule has 3 aliphatic rings. The van der Waals surface area contributed by atoms with Crippen molar-refractivity contribution in [3.05, 3.63) is 82.0 Å². The van der Waals surface area contributed by atoms with Gasteiger partial charge in [-0.05, 0) is 94.3 Å². The van der Waals surface area contributed by atoms with Gasteiger partial charge in [0.15, 0.2) is 0 Å². The summed E-state index contributed by atoms with van der Waals surface area (Å²) < 4.78 is 7.39. The maximum Gasteiger partial charge on any atom is 0.410 e. The summed E-state index contributed by atoms with van der Waals surface area (Å²) in [4.78, 5) is 53.0. The molecule has 1 saturated heterocycles. The van der Waals surface area contributed by atoms with Crippen LogP contribution in [-0.4, -0.2) is 89.0 Å². The maximum atomic E-state index is 13.7. The fourth-order valence-corrected chi connectivity index (χ4v) is 5.71. The molecule has 13 heteroatoms. The predicted octanol–water partition coefficient (Wildman–Crippen LogP) is 6.55. The molecule has 0 bridgehead atoms. The van der Waals surface area contributed by atoms with Crippen molar-refractivity contribution in [2.75, 3.05) is 33.2 Å². The minimum atomic E-state index is -0.567. The van der Waals surface area contributed by atoms with Crippen molar-refractivity contribution in [3.8, 4) is 0 Å². The number of amidine groups is 1. The average Bonchev–Trinajstić information content (AvgIpc) is 4.06. The molecule has 0 radical (unpaired) electrons. The van der Waals surface area contributed by atoms with Crippen LogP contribution in [0.5, 0.6) is 0 Å². The quantitative estimate of drug-likeness (QED) is 0.146. The minimum absolute atomic E-state index is 0.103. The standard InChI is InChI=1S/C27H36N8O4.C9H9Cl.C2H6/c1-27(2,3)39-26(38)34-10-8-33(9-11-34)25(37)21-12-19(18-6-7-18)15-35-16-20(32-24(21)35)14-30-22(28-4)13-23(29-5)31-17-36;10-9-3-1-2-8(6-9)7-4-5-7;1-2/h12-13,15-18,30H,4,6-11,14H2,1-3,5H3,(H,29,31,36);1-3,6-7H,4-5H2;1-2H3/b22-13+;;. The van der Waals surface area contributed by atoms with Crippen molar-refractivity contribution in [2.24, 2.45) is 9.98 Å². The van der Waals surface area contributed by atoms with E-state index in [4.69, 9.17) is 21.3 Å². The highest BCUT2D eigenvalue weighted by Gasteiger charge is 2.31. The number of nitrogens with zero attached hydrogens (tertiary/aromatic N) is 6. The van der Waals surface area contributed by atoms with E-state index in [1.54, 1.807) is 22.9 Å². The van der Waals surface area contributed by atoms with Gasteiger partial charge in [0.25, 0.3) is 5.91 Å². The third-order valence-corrected chi connectivity index (χ3v) is 8.59. The van der Waals surface area contributed by atoms with Gasteiger partial charge in [-0.15, -0.1) is 0 Å². The number of aromatic nitrogens is 2. The van der Waals surface area contributed by atoms with E-state index in [0.29, 0.717) is 73.6 Å². The van der Waals surface area contributed by atoms with Crippen LogP contribution in [0, 0.1) is 0 Å². The molecule has 1 aromatic carbocycles. The number of hydrogen-bond donors (Lipinski definition) is 2. The van der Waals surface area contributed by atoms with Crippen LogP contribution in [0.3, 0.4) is 0 Å². The molecule has 0 atom stereocenters. The number of fused-ring (bicyclic) bond motifs is 1. The zero-order chi connectivity index (χ0) is 37.1. The molecule has 3 heterocycles. The van der Waals surface area contributed by atoms with Crippen LogP contribution in [0.25, 0.3) is 5.65 Å². The van der Waals surface area contributed by atoms with Crippen LogP contribution in [0.1, 0.15) is 99.3 Å². The van der Waals surface area contributed by atoms with Crippen LogP contribution in [-0.2, 0) is 16.1 Å². The molecule has 2 aliphatic carbocycles. The summed E-state index contributed by atoms with van der Waals surface area (Å²) in [6, 6.07) is 10.1. The van der Waals surface area contributed by atoms with E-state index < -0.39 is 5.60 Å². The van der Waals surface area contributed by atoms with Gasteiger partial charge in [0.05, 0.1) is 17.8 Å². The number of pyridine rings is 1. The molecule has 6 rings (SSSR count). The fourth-order valence-electron chi connectivity index (χ4n) is 5.51. The number of ether oxygens (including phenoxy) is 1. The second kappa shape index (κ2) is 18.0. The number of halogens is 1. The Labute approximate surface area is 306 Å². The smallest absolute Gasteiger partial charge is 0.410 e. The summed E-state index contributed by atoms with van der Waals surface area (Å²) >= 11 is 5.82. The van der Waals surface area contributed by atoms with Crippen molar-refractivity contribution < 1.29 is 19.1 Å². The van der Waals surface area contributed by atoms with Gasteiger partial charge in [-0.1, -0.05) is 37.6 Å². The van der Waals surface area contributed by atoms with Gasteiger partial charge in [0, 0.05) is 56.7 Å². The number of imidazole rings is 1. The Balaban J connectivity index is 0.000000409. The molecule has 1 aliphatic heterocycles. The van der Waals surface area contributed by atoms with Crippen LogP contribution < -0.4 is 10.6 Å². The number of carbonyl (C=O) groups is 3. The Morgan fingerprint density at radius 3 is 2.24 bits per heavy atom. The van der Waals surface area contributed by atoms with Gasteiger partial charge in [-0.25, -0.2) is 14.8 Å². The Hall–Kier alpha value is -4.71. The summed E-state index contributed by atoms with van der Waals surface area (Å²) in [6.07, 6.45) is 10.6. The highest BCUT2D eigenvalue weighted by atomic mass is 35.5. The van der Waals surface area contributed by atoms with Crippen molar-refractivity contribution in [1.82, 2.24) is 29.8 Å². The minimum Gasteiger partial charge on any atom is -0.444 e. The van der Waals surface area contributed by atoms with Gasteiger partial charge >= 0.3 is 6.09 Å². The topological polar surface area (TPSA) is 133 Å². The van der Waals surface area contributed by atoms with E-state index in [2.05, 4.69) is 39.5 Å². The first-order chi connectivity index (χ1) is 24.5. The van der Waals surface area contributed by atoms with E-state index in [9.17, 15) is 14.4 Å². The van der Waals surface area contributed by atoms with E-state index in [0.717, 1.165) is 29.3 Å². The van der Waals surface area contributed by atoms with Crippen molar-refractivity contribution in [3.63, 3.8) is 0 Å². The molecule has 3 aromatic rings. The Bertz CT molecular complexity index is 1750. The fraction of sp³-hybridized carbons (Fsp3) is 0.474. The van der Waals surface area contributed by atoms with Gasteiger partial charge in [-0.2, -0.15) is 0 Å². The molecular formula is C38H51ClN8O4. The van der Waals surface area contributed by atoms with Gasteiger partial charge in [0.2, 0.25) is 6.41 Å². The molecule has 2 N–H and O–H groups in total. The number of piperazine rings is 1. The summed E-state index contributed by atoms with van der Waals surface area (Å²) in [5.74, 6) is 1.92. The van der Waals surface area contributed by atoms with Crippen LogP contribution in [0.4, 0.5) is 4.79 Å². The monoisotopic (exact) mass is 718 g/mol. The highest BCUT2D eigenvalue weighted by Crippen LogP contribution is 2.41. The normalized spacial score (nSPS) is 16.3. The SMILES string of the molecule is C=N/C(=C\C(=NC)NC=O)NCc1cn2cc(C3CC3)cc(C(=O)N3CCN(C(=O)OC(C)(C)C)CC3)c2n1.CC.Clc1cccc(C2CC2)c1. The van der Waals surface area contributed by atoms with Gasteiger partial charge < -0.3 is 29.6 Å². The molecule has 2 saturated carbocycles. The lowest BCUT2D eigenvalue weighted by Gasteiger charge is -2.35. The number of aliphatic imine (C=N–C) groups is 2. The van der Waals surface area contributed by atoms with Crippen LogP contribution in [0.15, 0.2) is 64.6 Å². The summed E-state index contributed by atoms with van der Waals surface area (Å²) in [5, 5.41) is 6.49.